The van der Waals surface area contributed by atoms with E-state index in [9.17, 15) is 0 Å². The van der Waals surface area contributed by atoms with Crippen LogP contribution in [-0.4, -0.2) is 15.5 Å². The van der Waals surface area contributed by atoms with Gasteiger partial charge in [0, 0.05) is 18.3 Å². The molecule has 0 atom stereocenters. The lowest BCUT2D eigenvalue weighted by Gasteiger charge is -2.19. The fraction of sp³-hybridized carbons (Fsp3) is 0.556. The van der Waals surface area contributed by atoms with Crippen LogP contribution in [0.2, 0.25) is 0 Å². The van der Waals surface area contributed by atoms with E-state index >= 15 is 0 Å². The first-order valence-electron chi connectivity index (χ1n) is 4.30. The van der Waals surface area contributed by atoms with Crippen LogP contribution in [0.5, 0.6) is 0 Å². The van der Waals surface area contributed by atoms with Crippen molar-refractivity contribution in [3.05, 3.63) is 18.0 Å². The topological polar surface area (TPSA) is 63.8 Å². The fourth-order valence-corrected chi connectivity index (χ4v) is 0.867. The second-order valence-corrected chi connectivity index (χ2v) is 4.01. The van der Waals surface area contributed by atoms with Gasteiger partial charge in [-0.25, -0.2) is 9.97 Å². The fourth-order valence-electron chi connectivity index (χ4n) is 0.867. The van der Waals surface area contributed by atoms with Crippen LogP contribution in [-0.2, 0) is 6.54 Å². The van der Waals surface area contributed by atoms with E-state index in [1.54, 1.807) is 6.20 Å². The van der Waals surface area contributed by atoms with Gasteiger partial charge in [-0.3, -0.25) is 0 Å². The molecule has 0 amide bonds. The highest BCUT2D eigenvalue weighted by molar-refractivity contribution is 5.17. The van der Waals surface area contributed by atoms with Crippen molar-refractivity contribution in [2.24, 2.45) is 0 Å². The molecule has 1 rings (SSSR count). The molecule has 0 aliphatic carbocycles. The summed E-state index contributed by atoms with van der Waals surface area (Å²) in [5.74, 6) is 0.327. The number of rotatable bonds is 2. The molecule has 4 nitrogen and oxygen atoms in total. The van der Waals surface area contributed by atoms with Crippen molar-refractivity contribution in [1.29, 1.82) is 0 Å². The lowest BCUT2D eigenvalue weighted by atomic mass is 10.1. The summed E-state index contributed by atoms with van der Waals surface area (Å²) in [4.78, 5) is 7.90. The molecule has 0 fully saturated rings. The van der Waals surface area contributed by atoms with Gasteiger partial charge in [0.15, 0.2) is 0 Å². The number of nitrogens with zero attached hydrogens (tertiary/aromatic N) is 2. The van der Waals surface area contributed by atoms with Crippen LogP contribution in [0.1, 0.15) is 26.5 Å². The molecule has 1 aromatic heterocycles. The molecule has 72 valence electrons. The first-order valence-corrected chi connectivity index (χ1v) is 4.30. The third-order valence-electron chi connectivity index (χ3n) is 1.53. The zero-order chi connectivity index (χ0) is 9.90. The van der Waals surface area contributed by atoms with Crippen LogP contribution in [0, 0.1) is 0 Å². The number of nitrogens with one attached hydrogen (secondary N) is 1. The zero-order valence-electron chi connectivity index (χ0n) is 8.33. The summed E-state index contributed by atoms with van der Waals surface area (Å²) in [5, 5.41) is 3.32. The molecule has 0 aliphatic rings. The lowest BCUT2D eigenvalue weighted by molar-refractivity contribution is 0.421. The van der Waals surface area contributed by atoms with Crippen LogP contribution < -0.4 is 11.1 Å². The van der Waals surface area contributed by atoms with Gasteiger partial charge in [0.2, 0.25) is 5.95 Å². The van der Waals surface area contributed by atoms with Crippen LogP contribution in [0.3, 0.4) is 0 Å². The minimum absolute atomic E-state index is 0.0969. The number of nitrogen functional groups attached to an aromatic ring is 1. The molecule has 4 heteroatoms. The van der Waals surface area contributed by atoms with Gasteiger partial charge < -0.3 is 11.1 Å². The normalized spacial score (nSPS) is 11.6. The van der Waals surface area contributed by atoms with Gasteiger partial charge in [0.25, 0.3) is 0 Å². The van der Waals surface area contributed by atoms with Gasteiger partial charge in [-0.1, -0.05) is 0 Å². The van der Waals surface area contributed by atoms with E-state index in [-0.39, 0.29) is 5.54 Å². The van der Waals surface area contributed by atoms with E-state index in [0.717, 1.165) is 12.2 Å². The minimum atomic E-state index is 0.0969. The van der Waals surface area contributed by atoms with E-state index in [1.807, 2.05) is 6.07 Å². The summed E-state index contributed by atoms with van der Waals surface area (Å²) in [6, 6.07) is 1.86. The molecule has 0 saturated heterocycles. The molecule has 3 N–H and O–H groups in total. The Balaban J connectivity index is 2.55. The Labute approximate surface area is 78.6 Å². The monoisotopic (exact) mass is 180 g/mol. The SMILES string of the molecule is CC(C)(C)NCc1ccnc(N)n1. The van der Waals surface area contributed by atoms with Gasteiger partial charge in [-0.15, -0.1) is 0 Å². The Bertz CT molecular complexity index is 277. The highest BCUT2D eigenvalue weighted by atomic mass is 15.0. The predicted octanol–water partition coefficient (Wildman–Crippen LogP) is 0.947. The number of hydrogen-bond acceptors (Lipinski definition) is 4. The summed E-state index contributed by atoms with van der Waals surface area (Å²) in [5.41, 5.74) is 6.46. The van der Waals surface area contributed by atoms with E-state index in [0.29, 0.717) is 5.95 Å². The summed E-state index contributed by atoms with van der Waals surface area (Å²) in [6.45, 7) is 7.04. The molecule has 0 saturated carbocycles. The molecular weight excluding hydrogens is 164 g/mol. The number of nitrogens with two attached hydrogens (primary N) is 1. The molecule has 1 heterocycles. The lowest BCUT2D eigenvalue weighted by Crippen LogP contribution is -2.35. The summed E-state index contributed by atoms with van der Waals surface area (Å²) >= 11 is 0. The Morgan fingerprint density at radius 2 is 2.15 bits per heavy atom. The molecule has 0 aliphatic heterocycles. The maximum absolute atomic E-state index is 5.45. The van der Waals surface area contributed by atoms with Crippen molar-refractivity contribution in [2.75, 3.05) is 5.73 Å². The Morgan fingerprint density at radius 1 is 1.46 bits per heavy atom. The van der Waals surface area contributed by atoms with E-state index < -0.39 is 0 Å². The first kappa shape index (κ1) is 9.92. The predicted molar refractivity (Wildman–Crippen MR) is 53.0 cm³/mol. The van der Waals surface area contributed by atoms with Crippen LogP contribution in [0.4, 0.5) is 5.95 Å². The van der Waals surface area contributed by atoms with Crippen molar-refractivity contribution in [1.82, 2.24) is 15.3 Å². The van der Waals surface area contributed by atoms with Gasteiger partial charge >= 0.3 is 0 Å². The summed E-state index contributed by atoms with van der Waals surface area (Å²) < 4.78 is 0. The average molecular weight is 180 g/mol. The first-order chi connectivity index (χ1) is 5.97. The second-order valence-electron chi connectivity index (χ2n) is 4.01. The van der Waals surface area contributed by atoms with Gasteiger partial charge in [0.1, 0.15) is 0 Å². The largest absolute Gasteiger partial charge is 0.368 e. The molecule has 0 unspecified atom stereocenters. The number of anilines is 1. The summed E-state index contributed by atoms with van der Waals surface area (Å²) in [7, 11) is 0. The van der Waals surface area contributed by atoms with Crippen molar-refractivity contribution >= 4 is 5.95 Å². The van der Waals surface area contributed by atoms with E-state index in [1.165, 1.54) is 0 Å². The minimum Gasteiger partial charge on any atom is -0.368 e. The van der Waals surface area contributed by atoms with E-state index in [2.05, 4.69) is 36.1 Å². The Kier molecular flexibility index (Phi) is 2.83. The van der Waals surface area contributed by atoms with Crippen molar-refractivity contribution < 1.29 is 0 Å². The number of aromatic nitrogens is 2. The molecule has 0 bridgehead atoms. The molecule has 1 aromatic rings. The van der Waals surface area contributed by atoms with Gasteiger partial charge in [-0.05, 0) is 26.8 Å². The maximum atomic E-state index is 5.45. The molecule has 0 spiro atoms. The molecular formula is C9H16N4. The van der Waals surface area contributed by atoms with Crippen molar-refractivity contribution in [3.8, 4) is 0 Å². The highest BCUT2D eigenvalue weighted by Gasteiger charge is 2.08. The maximum Gasteiger partial charge on any atom is 0.220 e. The summed E-state index contributed by atoms with van der Waals surface area (Å²) in [6.07, 6.45) is 1.67. The Morgan fingerprint density at radius 3 is 2.69 bits per heavy atom. The van der Waals surface area contributed by atoms with Gasteiger partial charge in [-0.2, -0.15) is 0 Å². The number of hydrogen-bond donors (Lipinski definition) is 2. The second kappa shape index (κ2) is 3.70. The smallest absolute Gasteiger partial charge is 0.220 e. The van der Waals surface area contributed by atoms with Crippen LogP contribution in [0.25, 0.3) is 0 Å². The van der Waals surface area contributed by atoms with Gasteiger partial charge in [0.05, 0.1) is 5.69 Å². The Hall–Kier alpha value is -1.16. The van der Waals surface area contributed by atoms with E-state index in [4.69, 9.17) is 5.73 Å². The molecule has 0 aromatic carbocycles. The van der Waals surface area contributed by atoms with Crippen LogP contribution in [0.15, 0.2) is 12.3 Å². The quantitative estimate of drug-likeness (QED) is 0.711. The third-order valence-corrected chi connectivity index (χ3v) is 1.53. The van der Waals surface area contributed by atoms with Crippen molar-refractivity contribution in [2.45, 2.75) is 32.9 Å². The standard InChI is InChI=1S/C9H16N4/c1-9(2,3)12-6-7-4-5-11-8(10)13-7/h4-5,12H,6H2,1-3H3,(H2,10,11,13). The third kappa shape index (κ3) is 3.85. The van der Waals surface area contributed by atoms with Crippen molar-refractivity contribution in [3.63, 3.8) is 0 Å². The zero-order valence-corrected chi connectivity index (χ0v) is 8.33. The molecule has 0 radical (unpaired) electrons. The van der Waals surface area contributed by atoms with Crippen LogP contribution >= 0.6 is 0 Å². The molecule has 13 heavy (non-hydrogen) atoms. The highest BCUT2D eigenvalue weighted by Crippen LogP contribution is 2.02. The average Bonchev–Trinajstić information content (AvgIpc) is 2.00.